The molecule has 1 aliphatic rings. The SMILES string of the molecule is CC(Cl)C(=O)N1CCN(CCn2ccnc2C(C)C)CC1. The fraction of sp³-hybridized carbons (Fsp3) is 0.733. The van der Waals surface area contributed by atoms with E-state index in [0.29, 0.717) is 5.92 Å². The molecule has 1 unspecified atom stereocenters. The van der Waals surface area contributed by atoms with E-state index in [9.17, 15) is 4.79 Å². The Bertz CT molecular complexity index is 464. The van der Waals surface area contributed by atoms with Crippen LogP contribution in [0.3, 0.4) is 0 Å². The fourth-order valence-electron chi connectivity index (χ4n) is 2.70. The number of aromatic nitrogens is 2. The minimum absolute atomic E-state index is 0.0491. The third-order valence-corrected chi connectivity index (χ3v) is 4.13. The number of alkyl halides is 1. The molecule has 118 valence electrons. The highest BCUT2D eigenvalue weighted by Crippen LogP contribution is 2.12. The van der Waals surface area contributed by atoms with Gasteiger partial charge in [0.2, 0.25) is 5.91 Å². The lowest BCUT2D eigenvalue weighted by Gasteiger charge is -2.35. The van der Waals surface area contributed by atoms with Crippen molar-refractivity contribution in [2.24, 2.45) is 0 Å². The zero-order valence-electron chi connectivity index (χ0n) is 13.1. The number of carbonyl (C=O) groups is 1. The van der Waals surface area contributed by atoms with E-state index in [2.05, 4.69) is 28.3 Å². The summed E-state index contributed by atoms with van der Waals surface area (Å²) in [4.78, 5) is 20.5. The highest BCUT2D eigenvalue weighted by Gasteiger charge is 2.23. The van der Waals surface area contributed by atoms with Gasteiger partial charge in [-0.3, -0.25) is 9.69 Å². The second-order valence-electron chi connectivity index (χ2n) is 5.92. The van der Waals surface area contributed by atoms with Crippen molar-refractivity contribution in [2.45, 2.75) is 38.6 Å². The van der Waals surface area contributed by atoms with Crippen molar-refractivity contribution in [2.75, 3.05) is 32.7 Å². The molecule has 0 N–H and O–H groups in total. The maximum atomic E-state index is 11.8. The molecular weight excluding hydrogens is 288 g/mol. The van der Waals surface area contributed by atoms with Crippen LogP contribution in [-0.4, -0.2) is 63.4 Å². The predicted molar refractivity (Wildman–Crippen MR) is 84.7 cm³/mol. The maximum absolute atomic E-state index is 11.8. The molecule has 1 aliphatic heterocycles. The number of piperazine rings is 1. The molecular formula is C15H25ClN4O. The lowest BCUT2D eigenvalue weighted by atomic mass is 10.2. The van der Waals surface area contributed by atoms with E-state index in [1.165, 1.54) is 0 Å². The lowest BCUT2D eigenvalue weighted by molar-refractivity contribution is -0.132. The largest absolute Gasteiger partial charge is 0.339 e. The highest BCUT2D eigenvalue weighted by atomic mass is 35.5. The van der Waals surface area contributed by atoms with Gasteiger partial charge in [-0.1, -0.05) is 13.8 Å². The van der Waals surface area contributed by atoms with Gasteiger partial charge in [-0.2, -0.15) is 0 Å². The third-order valence-electron chi connectivity index (χ3n) is 3.95. The van der Waals surface area contributed by atoms with Crippen LogP contribution in [-0.2, 0) is 11.3 Å². The van der Waals surface area contributed by atoms with Crippen molar-refractivity contribution in [3.8, 4) is 0 Å². The highest BCUT2D eigenvalue weighted by molar-refractivity contribution is 6.30. The van der Waals surface area contributed by atoms with Gasteiger partial charge in [0, 0.05) is 57.6 Å². The molecule has 1 aromatic rings. The second kappa shape index (κ2) is 7.27. The Kier molecular flexibility index (Phi) is 5.65. The van der Waals surface area contributed by atoms with Gasteiger partial charge in [0.1, 0.15) is 11.2 Å². The van der Waals surface area contributed by atoms with Crippen molar-refractivity contribution in [3.63, 3.8) is 0 Å². The molecule has 5 nitrogen and oxygen atoms in total. The normalized spacial score (nSPS) is 18.2. The first-order valence-electron chi connectivity index (χ1n) is 7.65. The van der Waals surface area contributed by atoms with Crippen LogP contribution < -0.4 is 0 Å². The molecule has 1 fully saturated rings. The smallest absolute Gasteiger partial charge is 0.240 e. The van der Waals surface area contributed by atoms with E-state index in [-0.39, 0.29) is 5.91 Å². The van der Waals surface area contributed by atoms with E-state index in [4.69, 9.17) is 11.6 Å². The van der Waals surface area contributed by atoms with Crippen molar-refractivity contribution >= 4 is 17.5 Å². The Morgan fingerprint density at radius 1 is 1.24 bits per heavy atom. The molecule has 21 heavy (non-hydrogen) atoms. The van der Waals surface area contributed by atoms with Crippen molar-refractivity contribution < 1.29 is 4.79 Å². The van der Waals surface area contributed by atoms with Gasteiger partial charge in [0.15, 0.2) is 0 Å². The van der Waals surface area contributed by atoms with Gasteiger partial charge in [0.25, 0.3) is 0 Å². The molecule has 6 heteroatoms. The molecule has 2 rings (SSSR count). The Morgan fingerprint density at radius 3 is 2.48 bits per heavy atom. The number of hydrogen-bond donors (Lipinski definition) is 0. The summed E-state index contributed by atoms with van der Waals surface area (Å²) in [6.45, 7) is 11.4. The van der Waals surface area contributed by atoms with Gasteiger partial charge in [-0.25, -0.2) is 4.98 Å². The average molecular weight is 313 g/mol. The Hall–Kier alpha value is -1.07. The summed E-state index contributed by atoms with van der Waals surface area (Å²) in [6, 6.07) is 0. The summed E-state index contributed by atoms with van der Waals surface area (Å²) in [5.41, 5.74) is 0. The van der Waals surface area contributed by atoms with Gasteiger partial charge < -0.3 is 9.47 Å². The zero-order chi connectivity index (χ0) is 15.4. The Balaban J connectivity index is 1.79. The molecule has 1 aromatic heterocycles. The number of hydrogen-bond acceptors (Lipinski definition) is 3. The first kappa shape index (κ1) is 16.3. The minimum atomic E-state index is -0.420. The molecule has 1 amide bonds. The first-order valence-corrected chi connectivity index (χ1v) is 8.09. The van der Waals surface area contributed by atoms with Crippen molar-refractivity contribution in [1.82, 2.24) is 19.4 Å². The van der Waals surface area contributed by atoms with Gasteiger partial charge in [-0.05, 0) is 6.92 Å². The number of carbonyl (C=O) groups excluding carboxylic acids is 1. The number of nitrogens with zero attached hydrogens (tertiary/aromatic N) is 4. The van der Waals surface area contributed by atoms with Crippen LogP contribution in [0.5, 0.6) is 0 Å². The molecule has 0 radical (unpaired) electrons. The maximum Gasteiger partial charge on any atom is 0.240 e. The predicted octanol–water partition coefficient (Wildman–Crippen LogP) is 1.78. The van der Waals surface area contributed by atoms with Gasteiger partial charge >= 0.3 is 0 Å². The van der Waals surface area contributed by atoms with Crippen molar-refractivity contribution in [3.05, 3.63) is 18.2 Å². The third kappa shape index (κ3) is 4.20. The van der Waals surface area contributed by atoms with Crippen LogP contribution in [0.1, 0.15) is 32.5 Å². The van der Waals surface area contributed by atoms with Crippen LogP contribution >= 0.6 is 11.6 Å². The standard InChI is InChI=1S/C15H25ClN4O/c1-12(2)14-17-4-5-19(14)9-6-18-7-10-20(11-8-18)15(21)13(3)16/h4-5,12-13H,6-11H2,1-3H3. The average Bonchev–Trinajstić information content (AvgIpc) is 2.93. The van der Waals surface area contributed by atoms with Crippen LogP contribution in [0.2, 0.25) is 0 Å². The quantitative estimate of drug-likeness (QED) is 0.778. The van der Waals surface area contributed by atoms with E-state index in [1.807, 2.05) is 17.3 Å². The van der Waals surface area contributed by atoms with E-state index in [1.54, 1.807) is 6.92 Å². The molecule has 1 atom stereocenters. The lowest BCUT2D eigenvalue weighted by Crippen LogP contribution is -2.50. The minimum Gasteiger partial charge on any atom is -0.339 e. The van der Waals surface area contributed by atoms with Crippen LogP contribution in [0.4, 0.5) is 0 Å². The van der Waals surface area contributed by atoms with Gasteiger partial charge in [0.05, 0.1) is 0 Å². The zero-order valence-corrected chi connectivity index (χ0v) is 13.9. The summed E-state index contributed by atoms with van der Waals surface area (Å²) in [6.07, 6.45) is 3.91. The molecule has 0 aliphatic carbocycles. The summed E-state index contributed by atoms with van der Waals surface area (Å²) >= 11 is 5.86. The summed E-state index contributed by atoms with van der Waals surface area (Å²) in [5, 5.41) is -0.420. The van der Waals surface area contributed by atoms with E-state index >= 15 is 0 Å². The number of amides is 1. The summed E-state index contributed by atoms with van der Waals surface area (Å²) in [5.74, 6) is 1.63. The summed E-state index contributed by atoms with van der Waals surface area (Å²) < 4.78 is 2.23. The molecule has 0 bridgehead atoms. The first-order chi connectivity index (χ1) is 9.99. The number of halogens is 1. The molecule has 0 saturated carbocycles. The Labute approximate surface area is 131 Å². The van der Waals surface area contributed by atoms with E-state index in [0.717, 1.165) is 45.1 Å². The molecule has 2 heterocycles. The monoisotopic (exact) mass is 312 g/mol. The fourth-order valence-corrected chi connectivity index (χ4v) is 2.84. The summed E-state index contributed by atoms with van der Waals surface area (Å²) in [7, 11) is 0. The van der Waals surface area contributed by atoms with Crippen molar-refractivity contribution in [1.29, 1.82) is 0 Å². The van der Waals surface area contributed by atoms with E-state index < -0.39 is 5.38 Å². The molecule has 0 aromatic carbocycles. The number of rotatable bonds is 5. The molecule has 1 saturated heterocycles. The van der Waals surface area contributed by atoms with Crippen LogP contribution in [0.15, 0.2) is 12.4 Å². The van der Waals surface area contributed by atoms with Crippen LogP contribution in [0, 0.1) is 0 Å². The van der Waals surface area contributed by atoms with Gasteiger partial charge in [-0.15, -0.1) is 11.6 Å². The topological polar surface area (TPSA) is 41.4 Å². The second-order valence-corrected chi connectivity index (χ2v) is 6.57. The van der Waals surface area contributed by atoms with Crippen LogP contribution in [0.25, 0.3) is 0 Å². The molecule has 0 spiro atoms. The Morgan fingerprint density at radius 2 is 1.90 bits per heavy atom. The number of imidazole rings is 1.